The topological polar surface area (TPSA) is 106 Å². The highest BCUT2D eigenvalue weighted by Gasteiger charge is 2.33. The zero-order valence-corrected chi connectivity index (χ0v) is 14.5. The smallest absolute Gasteiger partial charge is 0.347 e. The number of epoxide rings is 1. The van der Waals surface area contributed by atoms with Crippen LogP contribution in [0.1, 0.15) is 39.5 Å². The molecule has 1 saturated heterocycles. The molecule has 0 aliphatic carbocycles. The molecule has 2 heterocycles. The predicted octanol–water partition coefficient (Wildman–Crippen LogP) is 1.03. The van der Waals surface area contributed by atoms with E-state index >= 15 is 0 Å². The zero-order chi connectivity index (χ0) is 18.4. The van der Waals surface area contributed by atoms with Gasteiger partial charge in [0.1, 0.15) is 24.4 Å². The number of carbonyl (C=O) groups is 2. The minimum atomic E-state index is -1.22. The Balaban J connectivity index is 2.01. The van der Waals surface area contributed by atoms with Crippen LogP contribution in [0.3, 0.4) is 0 Å². The van der Waals surface area contributed by atoms with Crippen molar-refractivity contribution in [3.63, 3.8) is 0 Å². The molecule has 2 rings (SSSR count). The molecule has 0 unspecified atom stereocenters. The van der Waals surface area contributed by atoms with Crippen LogP contribution in [-0.2, 0) is 23.8 Å². The van der Waals surface area contributed by atoms with Crippen LogP contribution in [0.4, 0.5) is 0 Å². The Morgan fingerprint density at radius 2 is 2.16 bits per heavy atom. The Kier molecular flexibility index (Phi) is 7.16. The van der Waals surface area contributed by atoms with Gasteiger partial charge in [0, 0.05) is 6.08 Å². The Morgan fingerprint density at radius 3 is 2.80 bits per heavy atom. The van der Waals surface area contributed by atoms with Gasteiger partial charge in [-0.3, -0.25) is 0 Å². The fraction of sp³-hybridized carbons (Fsp3) is 0.667. The molecule has 6 atom stereocenters. The van der Waals surface area contributed by atoms with E-state index < -0.39 is 36.4 Å². The molecule has 0 amide bonds. The molecule has 25 heavy (non-hydrogen) atoms. The van der Waals surface area contributed by atoms with E-state index in [-0.39, 0.29) is 18.6 Å². The van der Waals surface area contributed by atoms with Crippen molar-refractivity contribution in [3.05, 3.63) is 24.3 Å². The monoisotopic (exact) mass is 354 g/mol. The van der Waals surface area contributed by atoms with Gasteiger partial charge in [0.15, 0.2) is 6.10 Å². The van der Waals surface area contributed by atoms with E-state index in [1.165, 1.54) is 12.2 Å². The van der Waals surface area contributed by atoms with Gasteiger partial charge in [0.2, 0.25) is 0 Å². The number of aliphatic hydroxyl groups excluding tert-OH is 2. The molecule has 2 aliphatic heterocycles. The van der Waals surface area contributed by atoms with Gasteiger partial charge in [-0.2, -0.15) is 0 Å². The van der Waals surface area contributed by atoms with Crippen LogP contribution < -0.4 is 0 Å². The van der Waals surface area contributed by atoms with Gasteiger partial charge in [-0.05, 0) is 32.3 Å². The van der Waals surface area contributed by atoms with Crippen molar-refractivity contribution < 1.29 is 34.0 Å². The molecule has 7 heteroatoms. The van der Waals surface area contributed by atoms with Crippen molar-refractivity contribution in [1.29, 1.82) is 0 Å². The summed E-state index contributed by atoms with van der Waals surface area (Å²) < 4.78 is 15.7. The minimum Gasteiger partial charge on any atom is -0.457 e. The summed E-state index contributed by atoms with van der Waals surface area (Å²) in [6.45, 7) is 3.77. The zero-order valence-electron chi connectivity index (χ0n) is 14.5. The van der Waals surface area contributed by atoms with Crippen LogP contribution in [0.25, 0.3) is 0 Å². The van der Waals surface area contributed by atoms with E-state index in [2.05, 4.69) is 0 Å². The molecule has 7 nitrogen and oxygen atoms in total. The number of cyclic esters (lactones) is 1. The van der Waals surface area contributed by atoms with Crippen molar-refractivity contribution in [3.8, 4) is 0 Å². The highest BCUT2D eigenvalue weighted by molar-refractivity contribution is 5.85. The van der Waals surface area contributed by atoms with Crippen LogP contribution in [0.5, 0.6) is 0 Å². The number of esters is 2. The lowest BCUT2D eigenvalue weighted by Crippen LogP contribution is -2.42. The lowest BCUT2D eigenvalue weighted by atomic mass is 10.0. The molecule has 1 fully saturated rings. The maximum Gasteiger partial charge on any atom is 0.347 e. The Hall–Kier alpha value is -1.70. The summed E-state index contributed by atoms with van der Waals surface area (Å²) in [7, 11) is 0. The molecule has 0 saturated carbocycles. The summed E-state index contributed by atoms with van der Waals surface area (Å²) in [4.78, 5) is 24.2. The van der Waals surface area contributed by atoms with Gasteiger partial charge in [0.05, 0.1) is 6.10 Å². The van der Waals surface area contributed by atoms with Crippen molar-refractivity contribution in [2.75, 3.05) is 0 Å². The third kappa shape index (κ3) is 5.95. The van der Waals surface area contributed by atoms with Crippen LogP contribution >= 0.6 is 0 Å². The average molecular weight is 354 g/mol. The van der Waals surface area contributed by atoms with E-state index in [1.807, 2.05) is 13.8 Å². The second-order valence-electron chi connectivity index (χ2n) is 6.34. The number of ether oxygens (including phenoxy) is 3. The average Bonchev–Trinajstić information content (AvgIpc) is 3.29. The minimum absolute atomic E-state index is 0.0861. The molecule has 140 valence electrons. The summed E-state index contributed by atoms with van der Waals surface area (Å²) in [6, 6.07) is 0. The van der Waals surface area contributed by atoms with Gasteiger partial charge in [0.25, 0.3) is 0 Å². The number of aliphatic hydroxyl groups is 2. The maximum atomic E-state index is 12.3. The van der Waals surface area contributed by atoms with Crippen LogP contribution in [-0.4, -0.2) is 58.8 Å². The summed E-state index contributed by atoms with van der Waals surface area (Å²) in [6.07, 6.45) is 3.46. The van der Waals surface area contributed by atoms with Gasteiger partial charge < -0.3 is 24.4 Å². The van der Waals surface area contributed by atoms with E-state index in [4.69, 9.17) is 14.2 Å². The quantitative estimate of drug-likeness (QED) is 0.329. The molecule has 0 aromatic carbocycles. The van der Waals surface area contributed by atoms with E-state index in [0.29, 0.717) is 19.3 Å². The third-order valence-corrected chi connectivity index (χ3v) is 4.20. The summed E-state index contributed by atoms with van der Waals surface area (Å²) in [5.41, 5.74) is 0. The fourth-order valence-electron chi connectivity index (χ4n) is 2.61. The molecule has 0 aromatic rings. The van der Waals surface area contributed by atoms with Crippen LogP contribution in [0, 0.1) is 0 Å². The molecule has 2 N–H and O–H groups in total. The highest BCUT2D eigenvalue weighted by atomic mass is 16.6. The first-order valence-electron chi connectivity index (χ1n) is 8.70. The van der Waals surface area contributed by atoms with Crippen LogP contribution in [0.15, 0.2) is 24.3 Å². The second kappa shape index (κ2) is 9.12. The lowest BCUT2D eigenvalue weighted by Gasteiger charge is -2.27. The van der Waals surface area contributed by atoms with Crippen molar-refractivity contribution in [2.24, 2.45) is 0 Å². The normalized spacial score (nSPS) is 36.1. The van der Waals surface area contributed by atoms with Crippen molar-refractivity contribution in [1.82, 2.24) is 0 Å². The largest absolute Gasteiger partial charge is 0.457 e. The summed E-state index contributed by atoms with van der Waals surface area (Å²) in [5, 5.41) is 20.1. The molecule has 0 spiro atoms. The van der Waals surface area contributed by atoms with Gasteiger partial charge >= 0.3 is 11.9 Å². The van der Waals surface area contributed by atoms with Gasteiger partial charge in [-0.1, -0.05) is 25.5 Å². The first-order chi connectivity index (χ1) is 11.9. The number of rotatable bonds is 5. The first kappa shape index (κ1) is 19.6. The van der Waals surface area contributed by atoms with E-state index in [1.54, 1.807) is 12.2 Å². The molecule has 0 aromatic heterocycles. The summed E-state index contributed by atoms with van der Waals surface area (Å²) >= 11 is 0. The maximum absolute atomic E-state index is 12.3. The van der Waals surface area contributed by atoms with Gasteiger partial charge in [-0.15, -0.1) is 0 Å². The predicted molar refractivity (Wildman–Crippen MR) is 88.5 cm³/mol. The van der Waals surface area contributed by atoms with E-state index in [9.17, 15) is 19.8 Å². The SMILES string of the molecule is CCC[C@H]1OC(=O)[C@@H](OC(=O)/C=C/[C@@H]2O[C@H]2C)CCC=C[C@H](O)[C@@H]1O. The fourth-order valence-corrected chi connectivity index (χ4v) is 2.61. The van der Waals surface area contributed by atoms with Crippen molar-refractivity contribution >= 4 is 11.9 Å². The molecular formula is C18H26O7. The van der Waals surface area contributed by atoms with E-state index in [0.717, 1.165) is 0 Å². The molecule has 2 aliphatic rings. The molecule has 0 bridgehead atoms. The van der Waals surface area contributed by atoms with Crippen molar-refractivity contribution in [2.45, 2.75) is 76.2 Å². The number of carbonyl (C=O) groups excluding carboxylic acids is 2. The Labute approximate surface area is 147 Å². The number of hydrogen-bond acceptors (Lipinski definition) is 7. The van der Waals surface area contributed by atoms with Gasteiger partial charge in [-0.25, -0.2) is 9.59 Å². The number of hydrogen-bond donors (Lipinski definition) is 2. The standard InChI is InChI=1S/C18H26O7/c1-3-6-14-17(21)12(19)7-4-5-8-15(18(22)25-14)24-16(20)10-9-13-11(2)23-13/h4,7,9-15,17,19,21H,3,5-6,8H2,1-2H3/b7-4?,10-9+/t11-,12-,13-,14+,15-,17-/m0/s1. The third-order valence-electron chi connectivity index (χ3n) is 4.20. The molecular weight excluding hydrogens is 328 g/mol. The second-order valence-corrected chi connectivity index (χ2v) is 6.34. The highest BCUT2D eigenvalue weighted by Crippen LogP contribution is 2.22. The Bertz CT molecular complexity index is 528. The first-order valence-corrected chi connectivity index (χ1v) is 8.70. The summed E-state index contributed by atoms with van der Waals surface area (Å²) in [5.74, 6) is -1.35. The molecule has 0 radical (unpaired) electrons. The number of allylic oxidation sites excluding steroid dienone is 1. The Morgan fingerprint density at radius 1 is 1.44 bits per heavy atom. The lowest BCUT2D eigenvalue weighted by molar-refractivity contribution is -0.176. The van der Waals surface area contributed by atoms with Crippen LogP contribution in [0.2, 0.25) is 0 Å².